The summed E-state index contributed by atoms with van der Waals surface area (Å²) in [6.45, 7) is 7.46. The lowest BCUT2D eigenvalue weighted by molar-refractivity contribution is -0.141. The molecule has 0 saturated carbocycles. The molecule has 6 nitrogen and oxygen atoms in total. The summed E-state index contributed by atoms with van der Waals surface area (Å²) in [5.41, 5.74) is 1.06. The Kier molecular flexibility index (Phi) is 4.77. The maximum atomic E-state index is 12.7. The normalized spacial score (nSPS) is 20.0. The molecule has 2 aromatic heterocycles. The topological polar surface area (TPSA) is 68.5 Å². The Morgan fingerprint density at radius 1 is 1.39 bits per heavy atom. The number of thiophene rings is 1. The molecule has 2 atom stereocenters. The van der Waals surface area contributed by atoms with Crippen LogP contribution in [0.4, 0.5) is 0 Å². The molecule has 2 aromatic rings. The average molecular weight is 335 g/mol. The summed E-state index contributed by atoms with van der Waals surface area (Å²) in [7, 11) is 0. The molecule has 1 aliphatic rings. The summed E-state index contributed by atoms with van der Waals surface area (Å²) in [5.74, 6) is 1.19. The number of carbonyl (C=O) groups excluding carboxylic acids is 1. The fourth-order valence-electron chi connectivity index (χ4n) is 2.55. The molecule has 23 heavy (non-hydrogen) atoms. The monoisotopic (exact) mass is 335 g/mol. The number of amides is 1. The van der Waals surface area contributed by atoms with Crippen molar-refractivity contribution in [2.45, 2.75) is 38.7 Å². The fraction of sp³-hybridized carbons (Fsp3) is 0.562. The third-order valence-electron chi connectivity index (χ3n) is 4.02. The van der Waals surface area contributed by atoms with Crippen molar-refractivity contribution in [3.8, 4) is 0 Å². The van der Waals surface area contributed by atoms with Gasteiger partial charge in [-0.1, -0.05) is 13.8 Å². The van der Waals surface area contributed by atoms with Crippen LogP contribution >= 0.6 is 11.3 Å². The van der Waals surface area contributed by atoms with Gasteiger partial charge in [0.15, 0.2) is 6.10 Å². The summed E-state index contributed by atoms with van der Waals surface area (Å²) in [6, 6.07) is 2.00. The number of ether oxygens (including phenoxy) is 1. The van der Waals surface area contributed by atoms with Crippen LogP contribution in [0, 0.1) is 0 Å². The van der Waals surface area contributed by atoms with Gasteiger partial charge in [0.25, 0.3) is 0 Å². The van der Waals surface area contributed by atoms with E-state index in [0.29, 0.717) is 31.5 Å². The molecular formula is C16H21N3O3S. The Bertz CT molecular complexity index is 653. The van der Waals surface area contributed by atoms with Gasteiger partial charge in [-0.25, -0.2) is 0 Å². The van der Waals surface area contributed by atoms with Crippen molar-refractivity contribution in [1.29, 1.82) is 0 Å². The number of hydrogen-bond acceptors (Lipinski definition) is 6. The van der Waals surface area contributed by atoms with Gasteiger partial charge in [0.1, 0.15) is 0 Å². The summed E-state index contributed by atoms with van der Waals surface area (Å²) < 4.78 is 11.4. The first-order chi connectivity index (χ1) is 11.1. The molecule has 1 aliphatic heterocycles. The Balaban J connectivity index is 1.69. The standard InChI is InChI=1S/C16H21N3O3S/c1-10(2)14-17-18-15(22-14)13-8-19(5-6-21-13)16(20)11(3)12-4-7-23-9-12/h4,7,9-11,13H,5-6,8H2,1-3H3/t11-,13+/m0/s1. The molecular weight excluding hydrogens is 314 g/mol. The summed E-state index contributed by atoms with van der Waals surface area (Å²) in [6.07, 6.45) is -0.345. The lowest BCUT2D eigenvalue weighted by atomic mass is 10.0. The minimum atomic E-state index is -0.345. The van der Waals surface area contributed by atoms with Crippen LogP contribution in [0.3, 0.4) is 0 Å². The van der Waals surface area contributed by atoms with E-state index in [9.17, 15) is 4.79 Å². The van der Waals surface area contributed by atoms with E-state index in [2.05, 4.69) is 10.2 Å². The molecule has 0 unspecified atom stereocenters. The van der Waals surface area contributed by atoms with Crippen LogP contribution in [0.5, 0.6) is 0 Å². The van der Waals surface area contributed by atoms with E-state index in [-0.39, 0.29) is 23.8 Å². The Morgan fingerprint density at radius 3 is 2.87 bits per heavy atom. The molecule has 0 aromatic carbocycles. The first-order valence-corrected chi connectivity index (χ1v) is 8.76. The highest BCUT2D eigenvalue weighted by atomic mass is 32.1. The van der Waals surface area contributed by atoms with Gasteiger partial charge in [0.2, 0.25) is 17.7 Å². The van der Waals surface area contributed by atoms with Gasteiger partial charge < -0.3 is 14.1 Å². The van der Waals surface area contributed by atoms with Crippen LogP contribution in [-0.4, -0.2) is 40.7 Å². The molecule has 0 N–H and O–H groups in total. The van der Waals surface area contributed by atoms with E-state index < -0.39 is 0 Å². The van der Waals surface area contributed by atoms with E-state index in [0.717, 1.165) is 5.56 Å². The minimum absolute atomic E-state index is 0.111. The molecule has 1 fully saturated rings. The molecule has 0 bridgehead atoms. The molecule has 0 radical (unpaired) electrons. The highest BCUT2D eigenvalue weighted by Gasteiger charge is 2.31. The zero-order chi connectivity index (χ0) is 16.4. The highest BCUT2D eigenvalue weighted by molar-refractivity contribution is 7.08. The third kappa shape index (κ3) is 3.45. The van der Waals surface area contributed by atoms with E-state index in [1.807, 2.05) is 42.5 Å². The highest BCUT2D eigenvalue weighted by Crippen LogP contribution is 2.26. The maximum absolute atomic E-state index is 12.7. The number of morpholine rings is 1. The van der Waals surface area contributed by atoms with Crippen molar-refractivity contribution in [1.82, 2.24) is 15.1 Å². The number of carbonyl (C=O) groups is 1. The van der Waals surface area contributed by atoms with Crippen molar-refractivity contribution >= 4 is 17.2 Å². The smallest absolute Gasteiger partial charge is 0.247 e. The predicted molar refractivity (Wildman–Crippen MR) is 86.4 cm³/mol. The lowest BCUT2D eigenvalue weighted by Gasteiger charge is -2.33. The SMILES string of the molecule is CC(C)c1nnc([C@H]2CN(C(=O)[C@@H](C)c3ccsc3)CCO2)o1. The summed E-state index contributed by atoms with van der Waals surface area (Å²) in [4.78, 5) is 14.5. The van der Waals surface area contributed by atoms with Crippen molar-refractivity contribution in [2.24, 2.45) is 0 Å². The van der Waals surface area contributed by atoms with Crippen LogP contribution in [0.1, 0.15) is 56.1 Å². The molecule has 3 heterocycles. The van der Waals surface area contributed by atoms with Crippen molar-refractivity contribution in [3.05, 3.63) is 34.2 Å². The van der Waals surface area contributed by atoms with Crippen molar-refractivity contribution in [3.63, 3.8) is 0 Å². The van der Waals surface area contributed by atoms with Crippen LogP contribution in [-0.2, 0) is 9.53 Å². The molecule has 1 saturated heterocycles. The number of rotatable bonds is 4. The predicted octanol–water partition coefficient (Wildman–Crippen LogP) is 2.96. The molecule has 0 spiro atoms. The van der Waals surface area contributed by atoms with Crippen molar-refractivity contribution in [2.75, 3.05) is 19.7 Å². The second-order valence-corrected chi connectivity index (χ2v) is 6.84. The Morgan fingerprint density at radius 2 is 2.22 bits per heavy atom. The lowest BCUT2D eigenvalue weighted by Crippen LogP contribution is -2.44. The van der Waals surface area contributed by atoms with Gasteiger partial charge in [-0.3, -0.25) is 4.79 Å². The van der Waals surface area contributed by atoms with E-state index in [4.69, 9.17) is 9.15 Å². The second-order valence-electron chi connectivity index (χ2n) is 6.06. The zero-order valence-electron chi connectivity index (χ0n) is 13.6. The van der Waals surface area contributed by atoms with Gasteiger partial charge in [0.05, 0.1) is 19.1 Å². The van der Waals surface area contributed by atoms with Crippen LogP contribution in [0.25, 0.3) is 0 Å². The van der Waals surface area contributed by atoms with E-state index >= 15 is 0 Å². The Hall–Kier alpha value is -1.73. The largest absolute Gasteiger partial charge is 0.422 e. The minimum Gasteiger partial charge on any atom is -0.422 e. The molecule has 0 aliphatic carbocycles. The van der Waals surface area contributed by atoms with E-state index in [1.165, 1.54) is 0 Å². The quantitative estimate of drug-likeness (QED) is 0.859. The number of hydrogen-bond donors (Lipinski definition) is 0. The second kappa shape index (κ2) is 6.80. The van der Waals surface area contributed by atoms with Crippen molar-refractivity contribution < 1.29 is 13.9 Å². The summed E-state index contributed by atoms with van der Waals surface area (Å²) in [5, 5.41) is 12.1. The van der Waals surface area contributed by atoms with Gasteiger partial charge >= 0.3 is 0 Å². The molecule has 1 amide bonds. The molecule has 7 heteroatoms. The van der Waals surface area contributed by atoms with Gasteiger partial charge in [-0.05, 0) is 29.3 Å². The van der Waals surface area contributed by atoms with Crippen LogP contribution in [0.2, 0.25) is 0 Å². The maximum Gasteiger partial charge on any atom is 0.247 e. The van der Waals surface area contributed by atoms with Crippen LogP contribution < -0.4 is 0 Å². The fourth-order valence-corrected chi connectivity index (χ4v) is 3.30. The van der Waals surface area contributed by atoms with Gasteiger partial charge in [-0.2, -0.15) is 11.3 Å². The first kappa shape index (κ1) is 16.1. The van der Waals surface area contributed by atoms with Gasteiger partial charge in [0, 0.05) is 12.5 Å². The zero-order valence-corrected chi connectivity index (χ0v) is 14.4. The first-order valence-electron chi connectivity index (χ1n) is 7.82. The van der Waals surface area contributed by atoms with Gasteiger partial charge in [-0.15, -0.1) is 10.2 Å². The van der Waals surface area contributed by atoms with Crippen LogP contribution in [0.15, 0.2) is 21.2 Å². The Labute approximate surface area is 139 Å². The third-order valence-corrected chi connectivity index (χ3v) is 4.72. The van der Waals surface area contributed by atoms with E-state index in [1.54, 1.807) is 11.3 Å². The molecule has 3 rings (SSSR count). The summed E-state index contributed by atoms with van der Waals surface area (Å²) >= 11 is 1.61. The number of nitrogens with zero attached hydrogens (tertiary/aromatic N) is 3. The number of aromatic nitrogens is 2. The molecule has 124 valence electrons. The average Bonchev–Trinajstić information content (AvgIpc) is 3.25.